The van der Waals surface area contributed by atoms with Crippen molar-refractivity contribution in [2.24, 2.45) is 0 Å². The fourth-order valence-corrected chi connectivity index (χ4v) is 1.45. The van der Waals surface area contributed by atoms with E-state index >= 15 is 0 Å². The quantitative estimate of drug-likeness (QED) is 0.739. The zero-order valence-corrected chi connectivity index (χ0v) is 8.09. The molecule has 16 heavy (non-hydrogen) atoms. The maximum absolute atomic E-state index is 13.1. The molecule has 1 saturated heterocycles. The average Bonchev–Trinajstić information content (AvgIpc) is 2.55. The van der Waals surface area contributed by atoms with Gasteiger partial charge in [-0.05, 0) is 12.1 Å². The van der Waals surface area contributed by atoms with Crippen molar-refractivity contribution in [2.75, 3.05) is 5.17 Å². The Morgan fingerprint density at radius 2 is 1.88 bits per heavy atom. The molecule has 1 fully saturated rings. The fourth-order valence-electron chi connectivity index (χ4n) is 0.963. The topological polar surface area (TPSA) is 67.9 Å². The van der Waals surface area contributed by atoms with Crippen LogP contribution in [0.25, 0.3) is 0 Å². The van der Waals surface area contributed by atoms with Crippen LogP contribution in [-0.2, 0) is 19.0 Å². The summed E-state index contributed by atoms with van der Waals surface area (Å²) < 4.78 is 67.7. The lowest BCUT2D eigenvalue weighted by atomic mass is 10.3. The van der Waals surface area contributed by atoms with Crippen LogP contribution in [0.3, 0.4) is 0 Å². The number of halogens is 3. The highest BCUT2D eigenvalue weighted by Crippen LogP contribution is 2.25. The van der Waals surface area contributed by atoms with E-state index in [4.69, 9.17) is 0 Å². The normalized spacial score (nSPS) is 19.1. The van der Waals surface area contributed by atoms with Crippen molar-refractivity contribution in [3.8, 4) is 0 Å². The van der Waals surface area contributed by atoms with Gasteiger partial charge in [-0.1, -0.05) is 5.59 Å². The molecule has 0 aliphatic carbocycles. The van der Waals surface area contributed by atoms with Gasteiger partial charge in [-0.3, -0.25) is 0 Å². The van der Waals surface area contributed by atoms with Crippen LogP contribution < -0.4 is 10.8 Å². The lowest BCUT2D eigenvalue weighted by Crippen LogP contribution is -2.29. The van der Waals surface area contributed by atoms with Crippen molar-refractivity contribution in [2.45, 2.75) is 0 Å². The van der Waals surface area contributed by atoms with E-state index in [-0.39, 0.29) is 5.17 Å². The van der Waals surface area contributed by atoms with E-state index in [1.807, 2.05) is 0 Å². The van der Waals surface area contributed by atoms with Crippen molar-refractivity contribution < 1.29 is 30.2 Å². The van der Waals surface area contributed by atoms with E-state index in [2.05, 4.69) is 8.57 Å². The van der Waals surface area contributed by atoms with Gasteiger partial charge in [-0.2, -0.15) is 8.42 Å². The molecule has 0 unspecified atom stereocenters. The van der Waals surface area contributed by atoms with Crippen LogP contribution in [0.1, 0.15) is 0 Å². The largest absolute Gasteiger partial charge is 0.440 e. The number of nitrogens with one attached hydrogen (secondary N) is 1. The van der Waals surface area contributed by atoms with Crippen LogP contribution in [-0.4, -0.2) is 8.42 Å². The number of hydrogen-bond acceptors (Lipinski definition) is 6. The minimum Gasteiger partial charge on any atom is -0.204 e. The molecule has 1 aromatic rings. The number of anilines is 1. The first kappa shape index (κ1) is 11.1. The van der Waals surface area contributed by atoms with Crippen molar-refractivity contribution in [3.05, 3.63) is 29.6 Å². The molecular formula is C6H3F3N2O4S. The van der Waals surface area contributed by atoms with Crippen LogP contribution in [0.5, 0.6) is 0 Å². The lowest BCUT2D eigenvalue weighted by molar-refractivity contribution is 0.195. The summed E-state index contributed by atoms with van der Waals surface area (Å²) in [6.45, 7) is 0. The van der Waals surface area contributed by atoms with Gasteiger partial charge in [0.15, 0.2) is 17.5 Å². The molecule has 10 heteroatoms. The molecule has 1 N–H and O–H groups in total. The van der Waals surface area contributed by atoms with E-state index in [0.29, 0.717) is 6.07 Å². The molecule has 6 nitrogen and oxygen atoms in total. The molecule has 0 amide bonds. The van der Waals surface area contributed by atoms with Crippen molar-refractivity contribution in [1.82, 2.24) is 5.59 Å². The number of benzene rings is 1. The van der Waals surface area contributed by atoms with Gasteiger partial charge in [-0.25, -0.2) is 13.2 Å². The number of hydrogen-bond donors (Lipinski definition) is 1. The van der Waals surface area contributed by atoms with Crippen molar-refractivity contribution in [3.63, 3.8) is 0 Å². The summed E-state index contributed by atoms with van der Waals surface area (Å²) in [6.07, 6.45) is 0. The van der Waals surface area contributed by atoms with Gasteiger partial charge >= 0.3 is 10.4 Å². The lowest BCUT2D eigenvalue weighted by Gasteiger charge is -2.11. The van der Waals surface area contributed by atoms with Gasteiger partial charge in [0.25, 0.3) is 0 Å². The summed E-state index contributed by atoms with van der Waals surface area (Å²) >= 11 is 0. The number of nitrogens with zero attached hydrogens (tertiary/aromatic N) is 1. The summed E-state index contributed by atoms with van der Waals surface area (Å²) in [6, 6.07) is 1.37. The molecular weight excluding hydrogens is 253 g/mol. The first-order chi connectivity index (χ1) is 7.41. The zero-order chi connectivity index (χ0) is 11.9. The highest BCUT2D eigenvalue weighted by atomic mass is 32.3. The Hall–Kier alpha value is -1.36. The van der Waals surface area contributed by atoms with E-state index in [9.17, 15) is 21.6 Å². The van der Waals surface area contributed by atoms with Gasteiger partial charge in [0.1, 0.15) is 5.69 Å². The molecule has 0 radical (unpaired) electrons. The van der Waals surface area contributed by atoms with Crippen molar-refractivity contribution >= 4 is 16.1 Å². The molecule has 1 aliphatic heterocycles. The Morgan fingerprint density at radius 1 is 1.19 bits per heavy atom. The molecule has 1 aromatic carbocycles. The summed E-state index contributed by atoms with van der Waals surface area (Å²) in [7, 11) is -4.35. The van der Waals surface area contributed by atoms with E-state index in [1.165, 1.54) is 0 Å². The molecule has 0 spiro atoms. The molecule has 0 atom stereocenters. The van der Waals surface area contributed by atoms with Gasteiger partial charge in [0.05, 0.1) is 0 Å². The molecule has 1 heterocycles. The predicted molar refractivity (Wildman–Crippen MR) is 43.0 cm³/mol. The summed E-state index contributed by atoms with van der Waals surface area (Å²) in [4.78, 5) is 0. The maximum Gasteiger partial charge on any atom is 0.440 e. The third-order valence-electron chi connectivity index (χ3n) is 1.62. The van der Waals surface area contributed by atoms with E-state index in [0.717, 1.165) is 6.07 Å². The maximum atomic E-state index is 13.1. The Labute approximate surface area is 87.4 Å². The molecule has 2 rings (SSSR count). The minimum absolute atomic E-state index is 0.202. The predicted octanol–water partition coefficient (Wildman–Crippen LogP) is 0.536. The smallest absolute Gasteiger partial charge is 0.204 e. The van der Waals surface area contributed by atoms with Crippen LogP contribution in [0.2, 0.25) is 0 Å². The summed E-state index contributed by atoms with van der Waals surface area (Å²) in [5.74, 6) is -4.79. The molecule has 0 bridgehead atoms. The van der Waals surface area contributed by atoms with Crippen LogP contribution >= 0.6 is 0 Å². The fraction of sp³-hybridized carbons (Fsp3) is 0. The second-order valence-corrected chi connectivity index (χ2v) is 3.78. The van der Waals surface area contributed by atoms with E-state index in [1.54, 1.807) is 5.59 Å². The standard InChI is InChI=1S/C6H3F3N2O4S/c7-3-1-2-4(6(9)5(3)8)11-10-14-16(12,13)15-11/h1-2,10H. The second kappa shape index (κ2) is 3.59. The SMILES string of the molecule is O=S1(=O)ONN(c2ccc(F)c(F)c2F)O1. The molecule has 0 aromatic heterocycles. The van der Waals surface area contributed by atoms with Gasteiger partial charge < -0.3 is 0 Å². The second-order valence-electron chi connectivity index (χ2n) is 2.65. The highest BCUT2D eigenvalue weighted by Gasteiger charge is 2.32. The van der Waals surface area contributed by atoms with Crippen LogP contribution in [0, 0.1) is 17.5 Å². The Bertz CT molecular complexity index is 535. The minimum atomic E-state index is -4.35. The first-order valence-corrected chi connectivity index (χ1v) is 5.06. The summed E-state index contributed by atoms with van der Waals surface area (Å²) in [5.41, 5.74) is 0.964. The van der Waals surface area contributed by atoms with Crippen LogP contribution in [0.15, 0.2) is 12.1 Å². The molecule has 1 aliphatic rings. The molecule has 0 saturated carbocycles. The van der Waals surface area contributed by atoms with E-state index < -0.39 is 33.5 Å². The Morgan fingerprint density at radius 3 is 2.44 bits per heavy atom. The van der Waals surface area contributed by atoms with Gasteiger partial charge in [-0.15, -0.1) is 13.7 Å². The summed E-state index contributed by atoms with van der Waals surface area (Å²) in [5, 5.41) is 0.202. The third-order valence-corrected chi connectivity index (χ3v) is 2.23. The average molecular weight is 256 g/mol. The van der Waals surface area contributed by atoms with Gasteiger partial charge in [0.2, 0.25) is 0 Å². The third kappa shape index (κ3) is 1.82. The Balaban J connectivity index is 2.40. The Kier molecular flexibility index (Phi) is 2.50. The molecule has 88 valence electrons. The van der Waals surface area contributed by atoms with Gasteiger partial charge in [0, 0.05) is 0 Å². The number of rotatable bonds is 1. The monoisotopic (exact) mass is 256 g/mol. The van der Waals surface area contributed by atoms with Crippen LogP contribution in [0.4, 0.5) is 18.9 Å². The van der Waals surface area contributed by atoms with Crippen molar-refractivity contribution in [1.29, 1.82) is 0 Å². The zero-order valence-electron chi connectivity index (χ0n) is 7.28. The highest BCUT2D eigenvalue weighted by molar-refractivity contribution is 7.82. The first-order valence-electron chi connectivity index (χ1n) is 3.73. The number of hydrazine groups is 1.